The van der Waals surface area contributed by atoms with E-state index in [9.17, 15) is 14.4 Å². The molecule has 0 spiro atoms. The lowest BCUT2D eigenvalue weighted by Gasteiger charge is -2.34. The topological polar surface area (TPSA) is 91.8 Å². The van der Waals surface area contributed by atoms with Gasteiger partial charge in [-0.3, -0.25) is 4.79 Å². The first-order chi connectivity index (χ1) is 15.5. The molecule has 0 radical (unpaired) electrons. The van der Waals surface area contributed by atoms with Crippen LogP contribution in [0.2, 0.25) is 0 Å². The zero-order chi connectivity index (χ0) is 22.7. The highest BCUT2D eigenvalue weighted by molar-refractivity contribution is 5.95. The molecule has 0 aliphatic carbocycles. The molecular weight excluding hydrogens is 415 g/mol. The lowest BCUT2D eigenvalue weighted by Crippen LogP contribution is -2.48. The lowest BCUT2D eigenvalue weighted by atomic mass is 10.1. The summed E-state index contributed by atoms with van der Waals surface area (Å²) in [6.07, 6.45) is 0. The van der Waals surface area contributed by atoms with E-state index >= 15 is 0 Å². The van der Waals surface area contributed by atoms with Crippen LogP contribution in [0.25, 0.3) is 11.5 Å². The molecule has 2 aromatic carbocycles. The summed E-state index contributed by atoms with van der Waals surface area (Å²) in [5.41, 5.74) is 0.774. The van der Waals surface area contributed by atoms with Crippen LogP contribution in [0, 0.1) is 17.1 Å². The minimum Gasteiger partial charge on any atom is -0.493 e. The molecule has 1 aliphatic heterocycles. The molecule has 1 amide bonds. The Labute approximate surface area is 184 Å². The molecule has 0 atom stereocenters. The van der Waals surface area contributed by atoms with Gasteiger partial charge in [0.05, 0.1) is 19.8 Å². The Hall–Kier alpha value is -4.06. The second-order valence-corrected chi connectivity index (χ2v) is 7.11. The number of anilines is 1. The summed E-state index contributed by atoms with van der Waals surface area (Å²) in [5, 5.41) is 9.48. The summed E-state index contributed by atoms with van der Waals surface area (Å²) in [6.45, 7) is 1.74. The van der Waals surface area contributed by atoms with Gasteiger partial charge in [0.25, 0.3) is 5.91 Å². The third-order valence-corrected chi connectivity index (χ3v) is 5.30. The highest BCUT2D eigenvalue weighted by atomic mass is 19.1. The van der Waals surface area contributed by atoms with E-state index < -0.39 is 5.82 Å². The number of rotatable bonds is 5. The van der Waals surface area contributed by atoms with Gasteiger partial charge in [0.2, 0.25) is 17.5 Å². The fourth-order valence-electron chi connectivity index (χ4n) is 3.61. The first kappa shape index (κ1) is 21.2. The number of oxazole rings is 1. The van der Waals surface area contributed by atoms with Crippen molar-refractivity contribution >= 4 is 11.8 Å². The molecule has 4 rings (SSSR count). The number of benzene rings is 2. The third-order valence-electron chi connectivity index (χ3n) is 5.30. The smallest absolute Gasteiger partial charge is 0.254 e. The summed E-state index contributed by atoms with van der Waals surface area (Å²) >= 11 is 0. The maximum absolute atomic E-state index is 14.1. The Morgan fingerprint density at radius 1 is 1.09 bits per heavy atom. The van der Waals surface area contributed by atoms with Gasteiger partial charge in [-0.25, -0.2) is 4.39 Å². The minimum absolute atomic E-state index is 0.0542. The van der Waals surface area contributed by atoms with Crippen LogP contribution in [0.1, 0.15) is 16.1 Å². The standard InChI is InChI=1S/C23H21FN4O4/c1-30-19-8-7-15(13-20(19)31-2)22(29)27-9-11-28(12-10-27)23-18(14-25)26-21(32-23)16-5-3-4-6-17(16)24/h3-8,13H,9-12H2,1-2H3. The number of amides is 1. The zero-order valence-corrected chi connectivity index (χ0v) is 17.7. The molecular formula is C23H21FN4O4. The monoisotopic (exact) mass is 436 g/mol. The van der Waals surface area contributed by atoms with E-state index in [0.29, 0.717) is 43.2 Å². The van der Waals surface area contributed by atoms with Crippen molar-refractivity contribution in [3.63, 3.8) is 0 Å². The molecule has 1 aromatic heterocycles. The second-order valence-electron chi connectivity index (χ2n) is 7.11. The van der Waals surface area contributed by atoms with E-state index in [1.807, 2.05) is 11.0 Å². The van der Waals surface area contributed by atoms with Crippen LogP contribution in [0.5, 0.6) is 11.5 Å². The van der Waals surface area contributed by atoms with Crippen molar-refractivity contribution in [3.05, 3.63) is 59.5 Å². The number of nitrogens with zero attached hydrogens (tertiary/aromatic N) is 4. The van der Waals surface area contributed by atoms with Crippen molar-refractivity contribution in [2.24, 2.45) is 0 Å². The van der Waals surface area contributed by atoms with Crippen LogP contribution in [0.4, 0.5) is 10.3 Å². The van der Waals surface area contributed by atoms with E-state index in [1.54, 1.807) is 41.3 Å². The summed E-state index contributed by atoms with van der Waals surface area (Å²) in [7, 11) is 3.06. The molecule has 0 saturated carbocycles. The number of piperazine rings is 1. The number of carbonyl (C=O) groups is 1. The van der Waals surface area contributed by atoms with Crippen molar-refractivity contribution in [2.75, 3.05) is 45.3 Å². The fourth-order valence-corrected chi connectivity index (χ4v) is 3.61. The Morgan fingerprint density at radius 3 is 2.47 bits per heavy atom. The number of aromatic nitrogens is 1. The van der Waals surface area contributed by atoms with Gasteiger partial charge in [0, 0.05) is 31.7 Å². The van der Waals surface area contributed by atoms with Gasteiger partial charge in [-0.15, -0.1) is 0 Å². The first-order valence-corrected chi connectivity index (χ1v) is 9.97. The van der Waals surface area contributed by atoms with E-state index in [2.05, 4.69) is 4.98 Å². The molecule has 32 heavy (non-hydrogen) atoms. The quantitative estimate of drug-likeness (QED) is 0.606. The maximum Gasteiger partial charge on any atom is 0.254 e. The summed E-state index contributed by atoms with van der Waals surface area (Å²) < 4.78 is 30.4. The van der Waals surface area contributed by atoms with Crippen molar-refractivity contribution in [3.8, 4) is 29.0 Å². The van der Waals surface area contributed by atoms with E-state index in [-0.39, 0.29) is 28.9 Å². The van der Waals surface area contributed by atoms with Gasteiger partial charge >= 0.3 is 0 Å². The molecule has 2 heterocycles. The van der Waals surface area contributed by atoms with Crippen LogP contribution in [0.15, 0.2) is 46.9 Å². The number of carbonyl (C=O) groups excluding carboxylic acids is 1. The molecule has 1 saturated heterocycles. The third kappa shape index (κ3) is 3.95. The molecule has 3 aromatic rings. The van der Waals surface area contributed by atoms with E-state index in [0.717, 1.165) is 0 Å². The SMILES string of the molecule is COc1ccc(C(=O)N2CCN(c3oc(-c4ccccc4F)nc3C#N)CC2)cc1OC. The zero-order valence-electron chi connectivity index (χ0n) is 17.7. The van der Waals surface area contributed by atoms with Gasteiger partial charge < -0.3 is 23.7 Å². The number of halogens is 1. The molecule has 0 N–H and O–H groups in total. The number of hydrogen-bond acceptors (Lipinski definition) is 7. The largest absolute Gasteiger partial charge is 0.493 e. The predicted molar refractivity (Wildman–Crippen MR) is 114 cm³/mol. The van der Waals surface area contributed by atoms with Crippen LogP contribution in [-0.4, -0.2) is 56.2 Å². The predicted octanol–water partition coefficient (Wildman–Crippen LogP) is 3.33. The molecule has 1 fully saturated rings. The molecule has 164 valence electrons. The van der Waals surface area contributed by atoms with Crippen molar-refractivity contribution in [2.45, 2.75) is 0 Å². The summed E-state index contributed by atoms with van der Waals surface area (Å²) in [4.78, 5) is 20.7. The average molecular weight is 436 g/mol. The number of nitriles is 1. The number of methoxy groups -OCH3 is 2. The molecule has 0 unspecified atom stereocenters. The molecule has 0 bridgehead atoms. The Bertz CT molecular complexity index is 1180. The van der Waals surface area contributed by atoms with Crippen LogP contribution < -0.4 is 14.4 Å². The maximum atomic E-state index is 14.1. The van der Waals surface area contributed by atoms with Gasteiger partial charge in [0.15, 0.2) is 11.5 Å². The molecule has 9 heteroatoms. The average Bonchev–Trinajstić information content (AvgIpc) is 3.27. The Morgan fingerprint density at radius 2 is 1.81 bits per heavy atom. The van der Waals surface area contributed by atoms with Crippen molar-refractivity contribution in [1.29, 1.82) is 5.26 Å². The Kier molecular flexibility index (Phi) is 5.94. The van der Waals surface area contributed by atoms with Gasteiger partial charge in [0.1, 0.15) is 11.9 Å². The second kappa shape index (κ2) is 8.98. The van der Waals surface area contributed by atoms with Crippen LogP contribution in [-0.2, 0) is 0 Å². The highest BCUT2D eigenvalue weighted by Gasteiger charge is 2.28. The lowest BCUT2D eigenvalue weighted by molar-refractivity contribution is 0.0745. The fraction of sp³-hybridized carbons (Fsp3) is 0.261. The number of hydrogen-bond donors (Lipinski definition) is 0. The van der Waals surface area contributed by atoms with E-state index in [4.69, 9.17) is 13.9 Å². The van der Waals surface area contributed by atoms with E-state index in [1.165, 1.54) is 20.3 Å². The molecule has 8 nitrogen and oxygen atoms in total. The highest BCUT2D eigenvalue weighted by Crippen LogP contribution is 2.31. The summed E-state index contributed by atoms with van der Waals surface area (Å²) in [6, 6.07) is 13.2. The Balaban J connectivity index is 1.49. The molecule has 1 aliphatic rings. The normalized spacial score (nSPS) is 13.6. The van der Waals surface area contributed by atoms with Gasteiger partial charge in [-0.2, -0.15) is 10.2 Å². The van der Waals surface area contributed by atoms with Crippen molar-refractivity contribution < 1.29 is 23.1 Å². The van der Waals surface area contributed by atoms with Crippen molar-refractivity contribution in [1.82, 2.24) is 9.88 Å². The van der Waals surface area contributed by atoms with Gasteiger partial charge in [-0.1, -0.05) is 12.1 Å². The summed E-state index contributed by atoms with van der Waals surface area (Å²) in [5.74, 6) is 0.764. The van der Waals surface area contributed by atoms with Crippen LogP contribution >= 0.6 is 0 Å². The van der Waals surface area contributed by atoms with Crippen LogP contribution in [0.3, 0.4) is 0 Å². The van der Waals surface area contributed by atoms with Gasteiger partial charge in [-0.05, 0) is 30.3 Å². The number of ether oxygens (including phenoxy) is 2. The first-order valence-electron chi connectivity index (χ1n) is 9.97. The minimum atomic E-state index is -0.477.